The van der Waals surface area contributed by atoms with Gasteiger partial charge in [0, 0.05) is 44.6 Å². The summed E-state index contributed by atoms with van der Waals surface area (Å²) in [5, 5.41) is 56.5. The Hall–Kier alpha value is -3.83. The molecule has 7 aliphatic heterocycles. The van der Waals surface area contributed by atoms with Gasteiger partial charge in [0.1, 0.15) is 30.0 Å². The van der Waals surface area contributed by atoms with Gasteiger partial charge in [-0.15, -0.1) is 0 Å². The van der Waals surface area contributed by atoms with Gasteiger partial charge in [0.15, 0.2) is 11.6 Å². The second kappa shape index (κ2) is 20.5. The number of nitrogens with one attached hydrogen (secondary N) is 1. The van der Waals surface area contributed by atoms with Gasteiger partial charge in [-0.25, -0.2) is 0 Å². The van der Waals surface area contributed by atoms with Crippen LogP contribution in [0.4, 0.5) is 0 Å². The molecule has 6 fully saturated rings. The largest absolute Gasteiger partial charge is 0.390 e. The molecule has 3 spiro atoms. The molecule has 13 heteroatoms. The van der Waals surface area contributed by atoms with E-state index in [1.165, 1.54) is 28.5 Å². The van der Waals surface area contributed by atoms with E-state index in [0.29, 0.717) is 56.4 Å². The lowest BCUT2D eigenvalue weighted by atomic mass is 9.79. The van der Waals surface area contributed by atoms with Crippen LogP contribution >= 0.6 is 0 Å². The maximum Gasteiger partial charge on any atom is 0.252 e. The fourth-order valence-electron chi connectivity index (χ4n) is 13.9. The van der Waals surface area contributed by atoms with E-state index < -0.39 is 71.6 Å². The zero-order valence-corrected chi connectivity index (χ0v) is 44.0. The van der Waals surface area contributed by atoms with Gasteiger partial charge >= 0.3 is 0 Å². The summed E-state index contributed by atoms with van der Waals surface area (Å²) in [5.41, 5.74) is 0.666. The molecule has 1 amide bonds. The summed E-state index contributed by atoms with van der Waals surface area (Å²) in [7, 11) is 0. The fraction of sp³-hybridized carbons (Fsp3) is 0.623. The van der Waals surface area contributed by atoms with Crippen molar-refractivity contribution in [2.45, 2.75) is 215 Å². The molecule has 0 aliphatic carbocycles. The first kappa shape index (κ1) is 52.2. The van der Waals surface area contributed by atoms with Crippen LogP contribution in [0, 0.1) is 17.8 Å². The number of aliphatic hydroxyl groups excluding tert-OH is 3. The quantitative estimate of drug-likeness (QED) is 0.0673. The second-order valence-corrected chi connectivity index (χ2v) is 23.8. The maximum absolute atomic E-state index is 13.8. The zero-order valence-electron chi connectivity index (χ0n) is 44.0. The van der Waals surface area contributed by atoms with Crippen LogP contribution in [-0.4, -0.2) is 117 Å². The number of ether oxygens (including phenoxy) is 7. The van der Waals surface area contributed by atoms with Gasteiger partial charge in [-0.05, 0) is 133 Å². The van der Waals surface area contributed by atoms with Crippen LogP contribution in [0.15, 0.2) is 90.6 Å². The minimum Gasteiger partial charge on any atom is -0.390 e. The lowest BCUT2D eigenvalue weighted by Crippen LogP contribution is -2.60. The van der Waals surface area contributed by atoms with E-state index in [0.717, 1.165) is 67.0 Å². The number of fused-ring (bicyclic) bond motifs is 1. The molecule has 0 saturated carbocycles. The minimum absolute atomic E-state index is 0.0261. The van der Waals surface area contributed by atoms with Gasteiger partial charge in [-0.2, -0.15) is 0 Å². The molecule has 400 valence electrons. The van der Waals surface area contributed by atoms with Crippen LogP contribution in [0.3, 0.4) is 0 Å². The summed E-state index contributed by atoms with van der Waals surface area (Å²) in [6.07, 6.45) is 9.79. The first-order valence-electron chi connectivity index (χ1n) is 27.9. The van der Waals surface area contributed by atoms with Crippen LogP contribution in [0.1, 0.15) is 130 Å². The van der Waals surface area contributed by atoms with Crippen LogP contribution in [-0.2, 0) is 44.5 Å². The van der Waals surface area contributed by atoms with Gasteiger partial charge in [0.2, 0.25) is 5.79 Å². The monoisotopic (exact) mass is 1020 g/mol. The third-order valence-corrected chi connectivity index (χ3v) is 18.1. The lowest BCUT2D eigenvalue weighted by Gasteiger charge is -2.50. The minimum atomic E-state index is -1.75. The number of amides is 1. The Morgan fingerprint density at radius 3 is 2.41 bits per heavy atom. The van der Waals surface area contributed by atoms with Gasteiger partial charge in [-0.1, -0.05) is 99.7 Å². The van der Waals surface area contributed by atoms with Crippen molar-refractivity contribution in [3.63, 3.8) is 0 Å². The summed E-state index contributed by atoms with van der Waals surface area (Å²) in [5.74, 6) is -3.01. The standard InChI is InChI=1S/C61H79NO12/c1-35-30-49(72-61(32-35)50(64)21-19-45(71-61)33-58(6,67)57(66)62-34-43-16-15-42-14-13-40-10-9-11-41-17-20-46(43)52(42)51(40)41)36(2)12-18-44-23-27-60(70-44)28-24-48-56(74-60)53(65)39(5)55(69-48)47(63)31-38(4)54-37(3)22-26-59(73-54)25-7-8-29-68-59/h9-18,20,32,36-38,44-45,47-50,53-56,63-65,67H,5,7-8,19,21-31,33-34H2,1-4,6H3,(H,62,66)/b18-12+/t36-,37-,38+,44+,45+,47+,48-,49-,50-,53-,54+,55+,56-,58-,59+,60-,61-/m1/s1. The number of hydrogen-bond donors (Lipinski definition) is 5. The van der Waals surface area contributed by atoms with E-state index in [-0.39, 0.29) is 43.1 Å². The van der Waals surface area contributed by atoms with E-state index in [2.05, 4.69) is 93.3 Å². The molecule has 0 aromatic heterocycles. The Morgan fingerprint density at radius 2 is 1.62 bits per heavy atom. The summed E-state index contributed by atoms with van der Waals surface area (Å²) in [6.45, 7) is 15.2. The maximum atomic E-state index is 13.8. The average Bonchev–Trinajstić information content (AvgIpc) is 3.78. The molecular weight excluding hydrogens is 939 g/mol. The van der Waals surface area contributed by atoms with Gasteiger partial charge in [-0.3, -0.25) is 4.79 Å². The van der Waals surface area contributed by atoms with Crippen molar-refractivity contribution >= 4 is 38.2 Å². The molecule has 0 bridgehead atoms. The summed E-state index contributed by atoms with van der Waals surface area (Å²) < 4.78 is 46.2. The average molecular weight is 1020 g/mol. The Kier molecular flexibility index (Phi) is 14.5. The Bertz CT molecular complexity index is 2730. The summed E-state index contributed by atoms with van der Waals surface area (Å²) >= 11 is 0. The predicted octanol–water partition coefficient (Wildman–Crippen LogP) is 9.34. The van der Waals surface area contributed by atoms with Crippen molar-refractivity contribution in [3.8, 4) is 0 Å². The highest BCUT2D eigenvalue weighted by molar-refractivity contribution is 6.23. The van der Waals surface area contributed by atoms with E-state index in [1.54, 1.807) is 0 Å². The molecule has 74 heavy (non-hydrogen) atoms. The Morgan fingerprint density at radius 1 is 0.878 bits per heavy atom. The van der Waals surface area contributed by atoms with Crippen LogP contribution in [0.5, 0.6) is 0 Å². The smallest absolute Gasteiger partial charge is 0.252 e. The zero-order chi connectivity index (χ0) is 51.7. The first-order chi connectivity index (χ1) is 35.4. The van der Waals surface area contributed by atoms with Gasteiger partial charge in [0.05, 0.1) is 43.2 Å². The van der Waals surface area contributed by atoms with E-state index >= 15 is 0 Å². The number of carbonyl (C=O) groups is 1. The molecule has 6 saturated heterocycles. The number of carbonyl (C=O) groups excluding carboxylic acids is 1. The van der Waals surface area contributed by atoms with Crippen molar-refractivity contribution < 1.29 is 58.4 Å². The highest BCUT2D eigenvalue weighted by Gasteiger charge is 2.55. The van der Waals surface area contributed by atoms with E-state index in [9.17, 15) is 25.2 Å². The van der Waals surface area contributed by atoms with Crippen molar-refractivity contribution in [1.29, 1.82) is 0 Å². The van der Waals surface area contributed by atoms with Crippen LogP contribution in [0.2, 0.25) is 0 Å². The molecular formula is C61H79NO12. The second-order valence-electron chi connectivity index (χ2n) is 23.8. The van der Waals surface area contributed by atoms with Crippen molar-refractivity contribution in [1.82, 2.24) is 5.32 Å². The number of aliphatic hydroxyl groups is 4. The van der Waals surface area contributed by atoms with Crippen molar-refractivity contribution in [2.75, 3.05) is 6.61 Å². The molecule has 0 radical (unpaired) electrons. The van der Waals surface area contributed by atoms with Crippen LogP contribution in [0.25, 0.3) is 32.3 Å². The van der Waals surface area contributed by atoms with Gasteiger partial charge < -0.3 is 58.9 Å². The molecule has 7 aliphatic rings. The predicted molar refractivity (Wildman–Crippen MR) is 282 cm³/mol. The lowest BCUT2D eigenvalue weighted by molar-refractivity contribution is -0.320. The Labute approximate surface area is 435 Å². The number of hydrogen-bond acceptors (Lipinski definition) is 12. The molecule has 4 aromatic carbocycles. The van der Waals surface area contributed by atoms with E-state index in [1.807, 2.05) is 19.1 Å². The van der Waals surface area contributed by atoms with E-state index in [4.69, 9.17) is 33.2 Å². The number of benzene rings is 4. The summed E-state index contributed by atoms with van der Waals surface area (Å²) in [4.78, 5) is 13.8. The third kappa shape index (κ3) is 10.0. The Balaban J connectivity index is 0.673. The molecule has 17 atom stereocenters. The molecule has 5 N–H and O–H groups in total. The van der Waals surface area contributed by atoms with Crippen LogP contribution < -0.4 is 5.32 Å². The molecule has 7 heterocycles. The molecule has 4 aromatic rings. The van der Waals surface area contributed by atoms with Gasteiger partial charge in [0.25, 0.3) is 5.91 Å². The fourth-order valence-corrected chi connectivity index (χ4v) is 13.9. The molecule has 11 rings (SSSR count). The van der Waals surface area contributed by atoms with Crippen molar-refractivity contribution in [3.05, 3.63) is 96.1 Å². The first-order valence-corrected chi connectivity index (χ1v) is 27.9. The third-order valence-electron chi connectivity index (χ3n) is 18.1. The highest BCUT2D eigenvalue weighted by Crippen LogP contribution is 2.48. The highest BCUT2D eigenvalue weighted by atomic mass is 16.7. The topological polar surface area (TPSA) is 175 Å². The van der Waals surface area contributed by atoms with Crippen molar-refractivity contribution in [2.24, 2.45) is 17.8 Å². The SMILES string of the molecule is C=C1[C@@H](O)[C@@H]2O[C@]3(CC[C@H](/C=C/[C@@H](C)[C@H]4CC(C)=C[C@@]5(O[C@H](C[C@@](C)(O)C(=O)NCc6ccc7ccc8cccc9ccc6c7c89)CC[C@H]5O)O4)O3)CC[C@H]2O[C@@H]1[C@@H](O)C[C@H](C)[C@H]1O[C@@]2(CCCCO2)CC[C@H]1C. The normalized spacial score (nSPS) is 37.9. The number of rotatable bonds is 12. The molecule has 13 nitrogen and oxygen atoms in total. The molecule has 0 unspecified atom stereocenters. The summed E-state index contributed by atoms with van der Waals surface area (Å²) in [6, 6.07) is 19.0.